The molecule has 1 aliphatic heterocycles. The van der Waals surface area contributed by atoms with Gasteiger partial charge in [0.15, 0.2) is 0 Å². The summed E-state index contributed by atoms with van der Waals surface area (Å²) in [7, 11) is 0. The van der Waals surface area contributed by atoms with Crippen molar-refractivity contribution in [1.29, 1.82) is 0 Å². The van der Waals surface area contributed by atoms with Gasteiger partial charge in [0.1, 0.15) is 5.82 Å². The summed E-state index contributed by atoms with van der Waals surface area (Å²) in [5.41, 5.74) is 3.56. The molecule has 1 atom stereocenters. The normalized spacial score (nSPS) is 16.6. The Morgan fingerprint density at radius 2 is 1.79 bits per heavy atom. The maximum absolute atomic E-state index is 14.0. The summed E-state index contributed by atoms with van der Waals surface area (Å²) >= 11 is 0. The number of carbonyl (C=O) groups excluding carboxylic acids is 1. The summed E-state index contributed by atoms with van der Waals surface area (Å²) in [6.07, 6.45) is 2.91. The van der Waals surface area contributed by atoms with E-state index >= 15 is 0 Å². The van der Waals surface area contributed by atoms with Crippen molar-refractivity contribution in [2.24, 2.45) is 0 Å². The summed E-state index contributed by atoms with van der Waals surface area (Å²) in [6, 6.07) is 22.7. The molecule has 0 aliphatic carbocycles. The highest BCUT2D eigenvalue weighted by atomic mass is 19.1. The topological polar surface area (TPSA) is 33.2 Å². The van der Waals surface area contributed by atoms with Gasteiger partial charge in [0.05, 0.1) is 6.42 Å². The molecule has 0 N–H and O–H groups in total. The maximum Gasteiger partial charge on any atom is 0.227 e. The van der Waals surface area contributed by atoms with E-state index in [1.54, 1.807) is 12.1 Å². The first kappa shape index (κ1) is 19.3. The van der Waals surface area contributed by atoms with E-state index < -0.39 is 0 Å². The molecule has 3 aromatic rings. The van der Waals surface area contributed by atoms with Gasteiger partial charge < -0.3 is 4.90 Å². The molecular weight excluding hydrogens is 363 g/mol. The van der Waals surface area contributed by atoms with Crippen LogP contribution in [0.25, 0.3) is 0 Å². The highest BCUT2D eigenvalue weighted by molar-refractivity contribution is 5.79. The molecule has 1 fully saturated rings. The van der Waals surface area contributed by atoms with Crippen molar-refractivity contribution in [2.75, 3.05) is 13.1 Å². The molecule has 1 unspecified atom stereocenters. The lowest BCUT2D eigenvalue weighted by Crippen LogP contribution is -2.40. The molecule has 0 radical (unpaired) electrons. The minimum atomic E-state index is -0.199. The Labute approximate surface area is 171 Å². The van der Waals surface area contributed by atoms with Gasteiger partial charge in [-0.2, -0.15) is 0 Å². The molecule has 2 aromatic carbocycles. The van der Waals surface area contributed by atoms with Gasteiger partial charge >= 0.3 is 0 Å². The molecule has 148 valence electrons. The van der Waals surface area contributed by atoms with E-state index in [0.717, 1.165) is 36.3 Å². The van der Waals surface area contributed by atoms with Gasteiger partial charge in [-0.25, -0.2) is 4.39 Å². The van der Waals surface area contributed by atoms with Gasteiger partial charge in [-0.05, 0) is 42.2 Å². The largest absolute Gasteiger partial charge is 0.342 e. The fourth-order valence-corrected chi connectivity index (χ4v) is 3.99. The Morgan fingerprint density at radius 3 is 2.62 bits per heavy atom. The van der Waals surface area contributed by atoms with Crippen LogP contribution >= 0.6 is 0 Å². The smallest absolute Gasteiger partial charge is 0.227 e. The van der Waals surface area contributed by atoms with Crippen molar-refractivity contribution >= 4 is 5.91 Å². The molecule has 4 rings (SSSR count). The predicted molar refractivity (Wildman–Crippen MR) is 112 cm³/mol. The van der Waals surface area contributed by atoms with Crippen LogP contribution in [-0.4, -0.2) is 28.9 Å². The lowest BCUT2D eigenvalue weighted by molar-refractivity contribution is -0.131. The zero-order chi connectivity index (χ0) is 20.1. The molecule has 0 saturated carbocycles. The van der Waals surface area contributed by atoms with Crippen molar-refractivity contribution in [3.63, 3.8) is 0 Å². The van der Waals surface area contributed by atoms with Crippen LogP contribution in [0.3, 0.4) is 0 Å². The predicted octanol–water partition coefficient (Wildman–Crippen LogP) is 4.76. The number of pyridine rings is 1. The second-order valence-electron chi connectivity index (χ2n) is 7.66. The quantitative estimate of drug-likeness (QED) is 0.631. The molecule has 29 heavy (non-hydrogen) atoms. The van der Waals surface area contributed by atoms with Gasteiger partial charge in [-0.1, -0.05) is 54.6 Å². The SMILES string of the molecule is O=C(Cc1ccccc1)N1CCCC(c2cccc(Cc3ccccc3F)n2)C1. The van der Waals surface area contributed by atoms with Crippen LogP contribution in [0.2, 0.25) is 0 Å². The van der Waals surface area contributed by atoms with E-state index in [0.29, 0.717) is 24.9 Å². The zero-order valence-corrected chi connectivity index (χ0v) is 16.4. The van der Waals surface area contributed by atoms with Crippen molar-refractivity contribution in [2.45, 2.75) is 31.6 Å². The number of hydrogen-bond donors (Lipinski definition) is 0. The van der Waals surface area contributed by atoms with Gasteiger partial charge in [-0.15, -0.1) is 0 Å². The molecule has 1 amide bonds. The Kier molecular flexibility index (Phi) is 5.99. The third-order valence-corrected chi connectivity index (χ3v) is 5.55. The number of carbonyl (C=O) groups is 1. The number of benzene rings is 2. The molecule has 0 bridgehead atoms. The lowest BCUT2D eigenvalue weighted by Gasteiger charge is -2.32. The first-order valence-corrected chi connectivity index (χ1v) is 10.2. The standard InChI is InChI=1S/C25H25FN2O/c26-23-13-5-4-10-20(23)17-22-12-6-14-24(27-22)21-11-7-15-28(18-21)25(29)16-19-8-2-1-3-9-19/h1-6,8-10,12-14,21H,7,11,15-18H2. The first-order chi connectivity index (χ1) is 14.2. The summed E-state index contributed by atoms with van der Waals surface area (Å²) in [6.45, 7) is 1.50. The molecule has 0 spiro atoms. The number of nitrogens with zero attached hydrogens (tertiary/aromatic N) is 2. The van der Waals surface area contributed by atoms with Crippen LogP contribution in [0.5, 0.6) is 0 Å². The van der Waals surface area contributed by atoms with Gasteiger partial charge in [0.25, 0.3) is 0 Å². The third-order valence-electron chi connectivity index (χ3n) is 5.55. The fraction of sp³-hybridized carbons (Fsp3) is 0.280. The maximum atomic E-state index is 14.0. The Bertz CT molecular complexity index is 973. The number of piperidine rings is 1. The average Bonchev–Trinajstić information content (AvgIpc) is 2.76. The van der Waals surface area contributed by atoms with Crippen LogP contribution in [-0.2, 0) is 17.6 Å². The number of likely N-dealkylation sites (tertiary alicyclic amines) is 1. The highest BCUT2D eigenvalue weighted by Crippen LogP contribution is 2.26. The molecule has 1 aliphatic rings. The van der Waals surface area contributed by atoms with Crippen LogP contribution in [0.1, 0.15) is 41.3 Å². The number of halogens is 1. The Morgan fingerprint density at radius 1 is 1.00 bits per heavy atom. The van der Waals surface area contributed by atoms with Gasteiger partial charge in [0, 0.05) is 36.8 Å². The monoisotopic (exact) mass is 388 g/mol. The number of amides is 1. The molecule has 1 saturated heterocycles. The Hall–Kier alpha value is -3.01. The molecule has 1 aromatic heterocycles. The molecule has 2 heterocycles. The summed E-state index contributed by atoms with van der Waals surface area (Å²) < 4.78 is 14.0. The number of hydrogen-bond acceptors (Lipinski definition) is 2. The van der Waals surface area contributed by atoms with E-state index in [-0.39, 0.29) is 17.6 Å². The van der Waals surface area contributed by atoms with Crippen LogP contribution in [0.15, 0.2) is 72.8 Å². The average molecular weight is 388 g/mol. The first-order valence-electron chi connectivity index (χ1n) is 10.2. The van der Waals surface area contributed by atoms with E-state index in [2.05, 4.69) is 0 Å². The van der Waals surface area contributed by atoms with Crippen LogP contribution in [0, 0.1) is 5.82 Å². The third kappa shape index (κ3) is 4.89. The van der Waals surface area contributed by atoms with E-state index in [9.17, 15) is 9.18 Å². The molecule has 3 nitrogen and oxygen atoms in total. The van der Waals surface area contributed by atoms with Crippen molar-refractivity contribution in [3.05, 3.63) is 101 Å². The fourth-order valence-electron chi connectivity index (χ4n) is 3.99. The molecular formula is C25H25FN2O. The van der Waals surface area contributed by atoms with Crippen LogP contribution < -0.4 is 0 Å². The summed E-state index contributed by atoms with van der Waals surface area (Å²) in [5.74, 6) is 0.197. The van der Waals surface area contributed by atoms with Gasteiger partial charge in [0.2, 0.25) is 5.91 Å². The highest BCUT2D eigenvalue weighted by Gasteiger charge is 2.25. The second kappa shape index (κ2) is 8.99. The number of rotatable bonds is 5. The minimum absolute atomic E-state index is 0.170. The van der Waals surface area contributed by atoms with E-state index in [1.165, 1.54) is 6.07 Å². The van der Waals surface area contributed by atoms with Crippen LogP contribution in [0.4, 0.5) is 4.39 Å². The van der Waals surface area contributed by atoms with Gasteiger partial charge in [-0.3, -0.25) is 9.78 Å². The Balaban J connectivity index is 1.44. The summed E-state index contributed by atoms with van der Waals surface area (Å²) in [4.78, 5) is 19.5. The lowest BCUT2D eigenvalue weighted by atomic mass is 9.93. The zero-order valence-electron chi connectivity index (χ0n) is 16.4. The minimum Gasteiger partial charge on any atom is -0.342 e. The summed E-state index contributed by atoms with van der Waals surface area (Å²) in [5, 5.41) is 0. The van der Waals surface area contributed by atoms with Crippen molar-refractivity contribution in [3.8, 4) is 0 Å². The van der Waals surface area contributed by atoms with Crippen molar-refractivity contribution in [1.82, 2.24) is 9.88 Å². The number of aromatic nitrogens is 1. The van der Waals surface area contributed by atoms with Crippen molar-refractivity contribution < 1.29 is 9.18 Å². The molecule has 4 heteroatoms. The second-order valence-corrected chi connectivity index (χ2v) is 7.66. The van der Waals surface area contributed by atoms with E-state index in [4.69, 9.17) is 4.98 Å². The van der Waals surface area contributed by atoms with E-state index in [1.807, 2.05) is 59.5 Å².